The van der Waals surface area contributed by atoms with Crippen LogP contribution in [0.3, 0.4) is 0 Å². The van der Waals surface area contributed by atoms with Gasteiger partial charge in [-0.1, -0.05) is 0 Å². The van der Waals surface area contributed by atoms with E-state index in [1.807, 2.05) is 0 Å². The molecule has 0 aliphatic heterocycles. The molecule has 1 rings (SSSR count). The Morgan fingerprint density at radius 3 is 1.89 bits per heavy atom. The van der Waals surface area contributed by atoms with E-state index in [9.17, 15) is 4.39 Å². The van der Waals surface area contributed by atoms with Gasteiger partial charge in [-0.15, -0.1) is 0 Å². The van der Waals surface area contributed by atoms with Gasteiger partial charge in [-0.25, -0.2) is 0 Å². The molecule has 0 spiro atoms. The summed E-state index contributed by atoms with van der Waals surface area (Å²) in [7, 11) is 0. The summed E-state index contributed by atoms with van der Waals surface area (Å²) in [6, 6.07) is 6.57. The van der Waals surface area contributed by atoms with E-state index in [0.717, 1.165) is 35.8 Å². The van der Waals surface area contributed by atoms with Gasteiger partial charge in [0.2, 0.25) is 0 Å². The zero-order valence-electron chi connectivity index (χ0n) is 4.77. The predicted octanol–water partition coefficient (Wildman–Crippen LogP) is -2.38. The van der Waals surface area contributed by atoms with Crippen molar-refractivity contribution in [1.82, 2.24) is 0 Å². The number of rotatable bonds is 0. The van der Waals surface area contributed by atoms with Gasteiger partial charge >= 0.3 is 71.9 Å². The molecule has 0 unspecified atom stereocenters. The van der Waals surface area contributed by atoms with Crippen molar-refractivity contribution in [2.24, 2.45) is 0 Å². The molecule has 0 aliphatic carbocycles. The first-order valence-electron chi connectivity index (χ1n) is 2.36. The van der Waals surface area contributed by atoms with Gasteiger partial charge in [-0.05, 0) is 0 Å². The Morgan fingerprint density at radius 1 is 1.11 bits per heavy atom. The molecule has 0 atom stereocenters. The van der Waals surface area contributed by atoms with Crippen molar-refractivity contribution in [3.05, 3.63) is 30.1 Å². The van der Waals surface area contributed by atoms with Crippen molar-refractivity contribution in [3.63, 3.8) is 0 Å². The predicted molar refractivity (Wildman–Crippen MR) is 31.8 cm³/mol. The van der Waals surface area contributed by atoms with Crippen LogP contribution in [-0.4, -0.2) is 35.8 Å². The van der Waals surface area contributed by atoms with Crippen LogP contribution in [0.25, 0.3) is 0 Å². The largest absolute Gasteiger partial charge is 1.00 e. The van der Waals surface area contributed by atoms with Crippen LogP contribution in [0.2, 0.25) is 0 Å². The zero-order valence-corrected chi connectivity index (χ0v) is 8.57. The molecule has 0 bridgehead atoms. The zero-order chi connectivity index (χ0) is 5.98. The molecule has 0 saturated heterocycles. The topological polar surface area (TPSA) is 0 Å². The molecule has 9 heavy (non-hydrogen) atoms. The Balaban J connectivity index is 0.000000640. The number of hydrogen-bond donors (Lipinski definition) is 0. The van der Waals surface area contributed by atoms with Gasteiger partial charge in [-0.2, -0.15) is 0 Å². The molecule has 0 fully saturated rings. The van der Waals surface area contributed by atoms with E-state index in [4.69, 9.17) is 0 Å². The number of benzene rings is 1. The standard InChI is InChI=1S/C6H4F.BrH.Ca/c7-6-4-2-1-3-5-6;;/h2-5H;1H;/q;;+1/p-1. The fourth-order valence-electron chi connectivity index (χ4n) is 0.484. The summed E-state index contributed by atoms with van der Waals surface area (Å²) < 4.78 is 13.3. The van der Waals surface area contributed by atoms with E-state index in [1.165, 1.54) is 13.8 Å². The minimum Gasteiger partial charge on any atom is -1.00 e. The second kappa shape index (κ2) is 4.67. The normalized spacial score (nSPS) is 8.33. The minimum absolute atomic E-state index is 0. The monoisotopic (exact) mass is 214 g/mol. The molecular formula is C6H4BrCaF. The van der Waals surface area contributed by atoms with Crippen molar-refractivity contribution in [2.45, 2.75) is 0 Å². The van der Waals surface area contributed by atoms with Gasteiger partial charge < -0.3 is 17.0 Å². The smallest absolute Gasteiger partial charge is 1.00 e. The van der Waals surface area contributed by atoms with Crippen LogP contribution in [0.5, 0.6) is 0 Å². The van der Waals surface area contributed by atoms with Gasteiger partial charge in [-0.3, -0.25) is 0 Å². The molecule has 0 saturated carbocycles. The maximum absolute atomic E-state index is 12.1. The number of hydrogen-bond acceptors (Lipinski definition) is 0. The Bertz CT molecular complexity index is 152. The molecule has 3 heteroatoms. The molecule has 1 aromatic carbocycles. The van der Waals surface area contributed by atoms with Crippen molar-refractivity contribution < 1.29 is 21.4 Å². The summed E-state index contributed by atoms with van der Waals surface area (Å²) in [5.41, 5.74) is 0. The molecule has 0 nitrogen and oxygen atoms in total. The van der Waals surface area contributed by atoms with Gasteiger partial charge in [0.15, 0.2) is 0 Å². The van der Waals surface area contributed by atoms with Crippen LogP contribution in [-0.2, 0) is 0 Å². The second-order valence-corrected chi connectivity index (χ2v) is 2.90. The maximum Gasteiger partial charge on any atom is -1.00 e. The number of halogens is 2. The molecule has 0 heterocycles. The minimum atomic E-state index is -0.151. The van der Waals surface area contributed by atoms with Gasteiger partial charge in [0, 0.05) is 0 Å². The van der Waals surface area contributed by atoms with Gasteiger partial charge in [0.1, 0.15) is 0 Å². The fraction of sp³-hybridized carbons (Fsp3) is 0. The van der Waals surface area contributed by atoms with Crippen molar-refractivity contribution in [1.29, 1.82) is 0 Å². The Hall–Kier alpha value is 0.890. The van der Waals surface area contributed by atoms with E-state index >= 15 is 0 Å². The summed E-state index contributed by atoms with van der Waals surface area (Å²) in [5.74, 6) is -0.151. The molecule has 0 amide bonds. The third-order valence-corrected chi connectivity index (χ3v) is 1.65. The first kappa shape index (κ1) is 9.89. The van der Waals surface area contributed by atoms with Crippen LogP contribution in [0.1, 0.15) is 0 Å². The average molecular weight is 215 g/mol. The summed E-state index contributed by atoms with van der Waals surface area (Å²) in [5, 5.41) is 0. The van der Waals surface area contributed by atoms with Crippen LogP contribution in [0.4, 0.5) is 4.39 Å². The maximum atomic E-state index is 12.1. The van der Waals surface area contributed by atoms with E-state index in [2.05, 4.69) is 0 Å². The summed E-state index contributed by atoms with van der Waals surface area (Å²) >= 11 is 1.10. The molecule has 1 aromatic rings. The molecule has 0 N–H and O–H groups in total. The van der Waals surface area contributed by atoms with Crippen LogP contribution in [0.15, 0.2) is 24.3 Å². The van der Waals surface area contributed by atoms with Crippen molar-refractivity contribution >= 4 is 37.4 Å². The quantitative estimate of drug-likeness (QED) is 0.424. The van der Waals surface area contributed by atoms with E-state index in [0.29, 0.717) is 0 Å². The molecule has 0 aliphatic rings. The third kappa shape index (κ3) is 3.56. The SMILES string of the molecule is Fc1cc[c]([Ca+])cc1.[Br-]. The summed E-state index contributed by atoms with van der Waals surface area (Å²) in [6.07, 6.45) is 0. The average Bonchev–Trinajstić information content (AvgIpc) is 1.77. The van der Waals surface area contributed by atoms with E-state index in [1.54, 1.807) is 12.1 Å². The summed E-state index contributed by atoms with van der Waals surface area (Å²) in [6.45, 7) is 0. The fourth-order valence-corrected chi connectivity index (χ4v) is 0.852. The van der Waals surface area contributed by atoms with Crippen LogP contribution < -0.4 is 18.6 Å². The van der Waals surface area contributed by atoms with Crippen LogP contribution >= 0.6 is 0 Å². The molecule has 0 aromatic heterocycles. The molecule has 44 valence electrons. The Labute approximate surface area is 87.9 Å². The third-order valence-electron chi connectivity index (χ3n) is 0.913. The Kier molecular flexibility index (Phi) is 5.13. The summed E-state index contributed by atoms with van der Waals surface area (Å²) in [4.78, 5) is 0. The van der Waals surface area contributed by atoms with Crippen molar-refractivity contribution in [2.75, 3.05) is 0 Å². The van der Waals surface area contributed by atoms with E-state index < -0.39 is 0 Å². The van der Waals surface area contributed by atoms with Gasteiger partial charge in [0.25, 0.3) is 0 Å². The van der Waals surface area contributed by atoms with Crippen LogP contribution in [0, 0.1) is 5.82 Å². The van der Waals surface area contributed by atoms with E-state index in [-0.39, 0.29) is 22.8 Å². The molecular weight excluding hydrogens is 211 g/mol. The second-order valence-electron chi connectivity index (χ2n) is 1.63. The van der Waals surface area contributed by atoms with Crippen molar-refractivity contribution in [3.8, 4) is 0 Å². The first-order chi connectivity index (χ1) is 3.79. The Morgan fingerprint density at radius 2 is 1.56 bits per heavy atom. The molecule has 0 radical (unpaired) electrons. The first-order valence-corrected chi connectivity index (χ1v) is 3.47. The van der Waals surface area contributed by atoms with Gasteiger partial charge in [0.05, 0.1) is 0 Å².